The van der Waals surface area contributed by atoms with Crippen LogP contribution >= 0.6 is 0 Å². The van der Waals surface area contributed by atoms with Crippen molar-refractivity contribution in [3.05, 3.63) is 12.2 Å². The zero-order chi connectivity index (χ0) is 17.6. The van der Waals surface area contributed by atoms with E-state index in [1.807, 2.05) is 0 Å². The lowest BCUT2D eigenvalue weighted by atomic mass is 9.55. The Morgan fingerprint density at radius 1 is 1.24 bits per heavy atom. The number of ether oxygens (including phenoxy) is 1. The minimum absolute atomic E-state index is 0.0702. The van der Waals surface area contributed by atoms with Gasteiger partial charge in [-0.3, -0.25) is 9.69 Å². The number of esters is 1. The van der Waals surface area contributed by atoms with Crippen LogP contribution in [-0.4, -0.2) is 61.1 Å². The molecule has 2 heterocycles. The molecule has 0 aromatic heterocycles. The number of carbonyl (C=O) groups excluding carboxylic acids is 1. The monoisotopic (exact) mass is 346 g/mol. The van der Waals surface area contributed by atoms with E-state index in [4.69, 9.17) is 4.74 Å². The minimum atomic E-state index is 0.0702. The van der Waals surface area contributed by atoms with Crippen LogP contribution in [0.3, 0.4) is 0 Å². The molecule has 2 aliphatic heterocycles. The van der Waals surface area contributed by atoms with Gasteiger partial charge < -0.3 is 9.64 Å². The topological polar surface area (TPSA) is 32.8 Å². The van der Waals surface area contributed by atoms with Crippen LogP contribution in [0.1, 0.15) is 46.0 Å². The summed E-state index contributed by atoms with van der Waals surface area (Å²) in [5.41, 5.74) is 1.74. The fourth-order valence-electron chi connectivity index (χ4n) is 6.03. The molecular weight excluding hydrogens is 312 g/mol. The number of hydrogen-bond donors (Lipinski definition) is 0. The van der Waals surface area contributed by atoms with Gasteiger partial charge in [0.2, 0.25) is 0 Å². The van der Waals surface area contributed by atoms with Gasteiger partial charge in [-0.2, -0.15) is 0 Å². The number of allylic oxidation sites excluding steroid dienone is 1. The average molecular weight is 347 g/mol. The molecule has 4 nitrogen and oxygen atoms in total. The first-order valence-corrected chi connectivity index (χ1v) is 10.3. The second-order valence-electron chi connectivity index (χ2n) is 9.14. The summed E-state index contributed by atoms with van der Waals surface area (Å²) < 4.78 is 5.91. The zero-order valence-electron chi connectivity index (χ0n) is 16.0. The number of carbonyl (C=O) groups is 1. The molecule has 4 fully saturated rings. The average Bonchev–Trinajstić information content (AvgIpc) is 2.88. The fourth-order valence-corrected chi connectivity index (χ4v) is 6.03. The molecule has 5 atom stereocenters. The summed E-state index contributed by atoms with van der Waals surface area (Å²) >= 11 is 0. The van der Waals surface area contributed by atoms with Crippen LogP contribution in [-0.2, 0) is 9.53 Å². The summed E-state index contributed by atoms with van der Waals surface area (Å²) in [4.78, 5) is 17.6. The van der Waals surface area contributed by atoms with E-state index in [1.165, 1.54) is 24.8 Å². The molecule has 0 bridgehead atoms. The molecule has 0 aromatic carbocycles. The van der Waals surface area contributed by atoms with E-state index in [9.17, 15) is 4.79 Å². The highest BCUT2D eigenvalue weighted by Gasteiger charge is 2.55. The number of nitrogens with zero attached hydrogens (tertiary/aromatic N) is 2. The van der Waals surface area contributed by atoms with Gasteiger partial charge in [0.15, 0.2) is 0 Å². The van der Waals surface area contributed by atoms with Crippen molar-refractivity contribution in [2.24, 2.45) is 23.2 Å². The third-order valence-corrected chi connectivity index (χ3v) is 7.69. The van der Waals surface area contributed by atoms with E-state index in [0.29, 0.717) is 17.3 Å². The van der Waals surface area contributed by atoms with Gasteiger partial charge in [-0.15, -0.1) is 0 Å². The van der Waals surface area contributed by atoms with Crippen LogP contribution in [0.15, 0.2) is 12.2 Å². The van der Waals surface area contributed by atoms with Gasteiger partial charge in [0, 0.05) is 38.6 Å². The lowest BCUT2D eigenvalue weighted by Gasteiger charge is -2.50. The quantitative estimate of drug-likeness (QED) is 0.581. The van der Waals surface area contributed by atoms with Crippen molar-refractivity contribution in [2.75, 3.05) is 39.3 Å². The summed E-state index contributed by atoms with van der Waals surface area (Å²) in [5, 5.41) is 0. The van der Waals surface area contributed by atoms with E-state index in [-0.39, 0.29) is 18.0 Å². The molecular formula is C21H34N2O2. The van der Waals surface area contributed by atoms with Crippen LogP contribution in [0.4, 0.5) is 0 Å². The number of likely N-dealkylation sites (N-methyl/N-ethyl adjacent to an activating group) is 1. The van der Waals surface area contributed by atoms with E-state index in [0.717, 1.165) is 52.1 Å². The van der Waals surface area contributed by atoms with E-state index < -0.39 is 0 Å². The molecule has 0 unspecified atom stereocenters. The summed E-state index contributed by atoms with van der Waals surface area (Å²) in [6.45, 7) is 15.5. The molecule has 25 heavy (non-hydrogen) atoms. The Balaban J connectivity index is 1.44. The molecule has 0 aromatic rings. The highest BCUT2D eigenvalue weighted by Crippen LogP contribution is 2.56. The van der Waals surface area contributed by atoms with Gasteiger partial charge in [0.05, 0.1) is 5.92 Å². The lowest BCUT2D eigenvalue weighted by molar-refractivity contribution is -0.146. The van der Waals surface area contributed by atoms with Crippen LogP contribution in [0.25, 0.3) is 0 Å². The van der Waals surface area contributed by atoms with Crippen molar-refractivity contribution in [3.63, 3.8) is 0 Å². The standard InChI is InChI=1S/C21H34N2O2/c1-4-22-8-10-23(11-9-22)14-17-16-12-18-15(2)6-5-7-21(18,3)13-19(16)25-20(17)24/h16-19H,2,4-14H2,1,3H3/t16-,17-,18-,19-,21-/m1/s1. The molecule has 4 aliphatic rings. The molecule has 4 heteroatoms. The van der Waals surface area contributed by atoms with Gasteiger partial charge >= 0.3 is 5.97 Å². The van der Waals surface area contributed by atoms with Crippen molar-refractivity contribution < 1.29 is 9.53 Å². The largest absolute Gasteiger partial charge is 0.462 e. The summed E-state index contributed by atoms with van der Waals surface area (Å²) in [6, 6.07) is 0. The second kappa shape index (κ2) is 6.70. The van der Waals surface area contributed by atoms with Gasteiger partial charge in [-0.1, -0.05) is 26.0 Å². The Kier molecular flexibility index (Phi) is 4.70. The highest BCUT2D eigenvalue weighted by atomic mass is 16.6. The molecule has 2 saturated carbocycles. The number of rotatable bonds is 3. The summed E-state index contributed by atoms with van der Waals surface area (Å²) in [7, 11) is 0. The predicted octanol–water partition coefficient (Wildman–Crippen LogP) is 2.94. The highest BCUT2D eigenvalue weighted by molar-refractivity contribution is 5.75. The molecule has 4 rings (SSSR count). The zero-order valence-corrected chi connectivity index (χ0v) is 16.0. The SMILES string of the molecule is C=C1CCC[C@]2(C)C[C@H]3OC(=O)[C@H](CN4CCN(CC)CC4)[C@H]3C[C@H]12. The van der Waals surface area contributed by atoms with Crippen LogP contribution in [0, 0.1) is 23.2 Å². The third-order valence-electron chi connectivity index (χ3n) is 7.69. The second-order valence-corrected chi connectivity index (χ2v) is 9.14. The molecule has 0 amide bonds. The van der Waals surface area contributed by atoms with Gasteiger partial charge in [0.25, 0.3) is 0 Å². The molecule has 2 saturated heterocycles. The maximum atomic E-state index is 12.6. The number of hydrogen-bond acceptors (Lipinski definition) is 4. The Labute approximate surface area is 152 Å². The Bertz CT molecular complexity index is 540. The Morgan fingerprint density at radius 2 is 1.96 bits per heavy atom. The van der Waals surface area contributed by atoms with E-state index in [1.54, 1.807) is 0 Å². The third kappa shape index (κ3) is 3.16. The maximum absolute atomic E-state index is 12.6. The molecule has 140 valence electrons. The van der Waals surface area contributed by atoms with Crippen molar-refractivity contribution in [1.82, 2.24) is 9.80 Å². The van der Waals surface area contributed by atoms with Gasteiger partial charge in [0.1, 0.15) is 6.10 Å². The first kappa shape index (κ1) is 17.5. The molecule has 0 radical (unpaired) electrons. The fraction of sp³-hybridized carbons (Fsp3) is 0.857. The minimum Gasteiger partial charge on any atom is -0.462 e. The van der Waals surface area contributed by atoms with Crippen molar-refractivity contribution in [3.8, 4) is 0 Å². The predicted molar refractivity (Wildman–Crippen MR) is 99.2 cm³/mol. The first-order chi connectivity index (χ1) is 12.0. The van der Waals surface area contributed by atoms with Crippen LogP contribution in [0.2, 0.25) is 0 Å². The first-order valence-electron chi connectivity index (χ1n) is 10.3. The maximum Gasteiger partial charge on any atom is 0.310 e. The normalized spacial score (nSPS) is 42.8. The summed E-state index contributed by atoms with van der Waals surface area (Å²) in [6.07, 6.45) is 6.01. The summed E-state index contributed by atoms with van der Waals surface area (Å²) in [5.74, 6) is 1.15. The molecule has 0 spiro atoms. The Morgan fingerprint density at radius 3 is 2.68 bits per heavy atom. The molecule has 2 aliphatic carbocycles. The van der Waals surface area contributed by atoms with Crippen LogP contribution in [0.5, 0.6) is 0 Å². The lowest BCUT2D eigenvalue weighted by Crippen LogP contribution is -2.49. The number of fused-ring (bicyclic) bond motifs is 2. The van der Waals surface area contributed by atoms with E-state index >= 15 is 0 Å². The molecule has 0 N–H and O–H groups in total. The van der Waals surface area contributed by atoms with Gasteiger partial charge in [-0.25, -0.2) is 0 Å². The van der Waals surface area contributed by atoms with Crippen molar-refractivity contribution in [2.45, 2.75) is 52.1 Å². The van der Waals surface area contributed by atoms with E-state index in [2.05, 4.69) is 30.2 Å². The van der Waals surface area contributed by atoms with Crippen LogP contribution < -0.4 is 0 Å². The Hall–Kier alpha value is -0.870. The van der Waals surface area contributed by atoms with Crippen molar-refractivity contribution >= 4 is 5.97 Å². The smallest absolute Gasteiger partial charge is 0.310 e. The van der Waals surface area contributed by atoms with Gasteiger partial charge in [-0.05, 0) is 50.0 Å². The van der Waals surface area contributed by atoms with Crippen molar-refractivity contribution in [1.29, 1.82) is 0 Å². The number of piperazine rings is 1.